The normalized spacial score (nSPS) is 9.91. The third kappa shape index (κ3) is 5.96. The second-order valence-corrected chi connectivity index (χ2v) is 3.83. The maximum Gasteiger partial charge on any atom is 0.573 e. The van der Waals surface area contributed by atoms with Gasteiger partial charge < -0.3 is 9.84 Å². The van der Waals surface area contributed by atoms with Crippen LogP contribution >= 0.6 is 0 Å². The molecule has 0 bridgehead atoms. The number of para-hydroxylation sites is 1. The Morgan fingerprint density at radius 3 is 2.05 bits per heavy atom. The summed E-state index contributed by atoms with van der Waals surface area (Å²) < 4.78 is 38.8. The average molecular weight is 309 g/mol. The van der Waals surface area contributed by atoms with E-state index in [1.165, 1.54) is 12.1 Å². The topological polar surface area (TPSA) is 70.3 Å². The molecule has 0 radical (unpaired) electrons. The van der Waals surface area contributed by atoms with Crippen LogP contribution in [0.4, 0.5) is 13.2 Å². The molecule has 22 heavy (non-hydrogen) atoms. The first kappa shape index (κ1) is 17.0. The van der Waals surface area contributed by atoms with E-state index < -0.39 is 23.6 Å². The summed E-state index contributed by atoms with van der Waals surface area (Å²) in [5.74, 6) is -2.18. The Hall–Kier alpha value is -3.01. The number of carboxylic acids is 1. The highest BCUT2D eigenvalue weighted by molar-refractivity contribution is 5.90. The molecule has 0 saturated carbocycles. The predicted octanol–water partition coefficient (Wildman–Crippen LogP) is 3.84. The third-order valence-corrected chi connectivity index (χ3v) is 2.25. The van der Waals surface area contributed by atoms with Crippen LogP contribution in [0.2, 0.25) is 0 Å². The summed E-state index contributed by atoms with van der Waals surface area (Å²) in [5.41, 5.74) is 0.192. The Morgan fingerprint density at radius 1 is 1.05 bits per heavy atom. The molecule has 0 atom stereocenters. The van der Waals surface area contributed by atoms with E-state index in [4.69, 9.17) is 10.4 Å². The quantitative estimate of drug-likeness (QED) is 0.915. The predicted molar refractivity (Wildman–Crippen MR) is 71.2 cm³/mol. The van der Waals surface area contributed by atoms with Crippen LogP contribution in [0.5, 0.6) is 5.75 Å². The minimum Gasteiger partial charge on any atom is -0.478 e. The maximum absolute atomic E-state index is 11.8. The van der Waals surface area contributed by atoms with Gasteiger partial charge in [0.2, 0.25) is 0 Å². The molecule has 4 nitrogen and oxygen atoms in total. The van der Waals surface area contributed by atoms with Crippen LogP contribution in [0.1, 0.15) is 15.9 Å². The Kier molecular flexibility index (Phi) is 5.96. The zero-order valence-corrected chi connectivity index (χ0v) is 11.0. The molecule has 0 spiro atoms. The fourth-order valence-corrected chi connectivity index (χ4v) is 1.37. The third-order valence-electron chi connectivity index (χ3n) is 2.25. The molecule has 2 aromatic carbocycles. The lowest BCUT2D eigenvalue weighted by Crippen LogP contribution is -2.18. The maximum atomic E-state index is 11.8. The summed E-state index contributed by atoms with van der Waals surface area (Å²) >= 11 is 0. The van der Waals surface area contributed by atoms with Gasteiger partial charge in [-0.05, 0) is 24.3 Å². The number of alkyl halides is 3. The highest BCUT2D eigenvalue weighted by atomic mass is 19.4. The summed E-state index contributed by atoms with van der Waals surface area (Å²) in [6.45, 7) is 0. The SMILES string of the molecule is N#Cc1ccccc1.O=C(O)c1ccccc1OC(F)(F)F. The average Bonchev–Trinajstić information content (AvgIpc) is 2.47. The van der Waals surface area contributed by atoms with E-state index in [0.29, 0.717) is 5.56 Å². The number of carboxylic acid groups (broad SMARTS) is 1. The van der Waals surface area contributed by atoms with E-state index in [1.54, 1.807) is 12.1 Å². The smallest absolute Gasteiger partial charge is 0.478 e. The molecule has 0 aromatic heterocycles. The van der Waals surface area contributed by atoms with Gasteiger partial charge in [0.15, 0.2) is 0 Å². The van der Waals surface area contributed by atoms with Crippen LogP contribution in [0, 0.1) is 11.3 Å². The van der Waals surface area contributed by atoms with Crippen LogP contribution in [0.15, 0.2) is 54.6 Å². The largest absolute Gasteiger partial charge is 0.573 e. The number of benzene rings is 2. The van der Waals surface area contributed by atoms with Gasteiger partial charge in [0.1, 0.15) is 11.3 Å². The minimum absolute atomic E-state index is 0.523. The molecule has 0 aliphatic carbocycles. The van der Waals surface area contributed by atoms with Crippen molar-refractivity contribution in [2.75, 3.05) is 0 Å². The van der Waals surface area contributed by atoms with Gasteiger partial charge in [-0.3, -0.25) is 0 Å². The lowest BCUT2D eigenvalue weighted by Gasteiger charge is -2.10. The van der Waals surface area contributed by atoms with E-state index in [0.717, 1.165) is 12.1 Å². The van der Waals surface area contributed by atoms with E-state index in [9.17, 15) is 18.0 Å². The Morgan fingerprint density at radius 2 is 1.59 bits per heavy atom. The molecule has 2 rings (SSSR count). The number of hydrogen-bond donors (Lipinski definition) is 1. The highest BCUT2D eigenvalue weighted by Gasteiger charge is 2.32. The number of aromatic carboxylic acids is 1. The van der Waals surface area contributed by atoms with Gasteiger partial charge >= 0.3 is 12.3 Å². The Labute approximate surface area is 124 Å². The highest BCUT2D eigenvalue weighted by Crippen LogP contribution is 2.25. The fourth-order valence-electron chi connectivity index (χ4n) is 1.37. The lowest BCUT2D eigenvalue weighted by atomic mass is 10.2. The van der Waals surface area contributed by atoms with Crippen LogP contribution in [0.25, 0.3) is 0 Å². The lowest BCUT2D eigenvalue weighted by molar-refractivity contribution is -0.274. The van der Waals surface area contributed by atoms with Crippen LogP contribution in [-0.2, 0) is 0 Å². The molecular formula is C15H10F3NO3. The van der Waals surface area contributed by atoms with Crippen LogP contribution in [-0.4, -0.2) is 17.4 Å². The second-order valence-electron chi connectivity index (χ2n) is 3.83. The Bertz CT molecular complexity index is 664. The van der Waals surface area contributed by atoms with Gasteiger partial charge in [0.05, 0.1) is 11.6 Å². The standard InChI is InChI=1S/C8H5F3O3.C7H5N/c9-8(10,11)14-6-4-2-1-3-5(6)7(12)13;8-6-7-4-2-1-3-5-7/h1-4H,(H,12,13);1-5H. The number of halogens is 3. The zero-order valence-electron chi connectivity index (χ0n) is 11.0. The molecule has 0 aliphatic rings. The molecule has 0 amide bonds. The van der Waals surface area contributed by atoms with E-state index in [-0.39, 0.29) is 0 Å². The van der Waals surface area contributed by atoms with Crippen molar-refractivity contribution < 1.29 is 27.8 Å². The summed E-state index contributed by atoms with van der Waals surface area (Å²) in [6.07, 6.45) is -4.88. The number of rotatable bonds is 2. The number of nitriles is 1. The fraction of sp³-hybridized carbons (Fsp3) is 0.0667. The van der Waals surface area contributed by atoms with Gasteiger partial charge in [-0.25, -0.2) is 4.79 Å². The van der Waals surface area contributed by atoms with Gasteiger partial charge in [0, 0.05) is 0 Å². The summed E-state index contributed by atoms with van der Waals surface area (Å²) in [6, 6.07) is 15.7. The van der Waals surface area contributed by atoms with Gasteiger partial charge in [-0.15, -0.1) is 13.2 Å². The summed E-state index contributed by atoms with van der Waals surface area (Å²) in [4.78, 5) is 10.5. The number of carbonyl (C=O) groups is 1. The van der Waals surface area contributed by atoms with Crippen molar-refractivity contribution in [2.24, 2.45) is 0 Å². The molecule has 1 N–H and O–H groups in total. The first-order valence-corrected chi connectivity index (χ1v) is 5.86. The summed E-state index contributed by atoms with van der Waals surface area (Å²) in [5, 5.41) is 16.8. The van der Waals surface area contributed by atoms with Crippen molar-refractivity contribution in [1.82, 2.24) is 0 Å². The first-order valence-electron chi connectivity index (χ1n) is 5.86. The van der Waals surface area contributed by atoms with Crippen molar-refractivity contribution in [3.63, 3.8) is 0 Å². The molecular weight excluding hydrogens is 299 g/mol. The number of ether oxygens (including phenoxy) is 1. The first-order chi connectivity index (χ1) is 10.3. The second kappa shape index (κ2) is 7.69. The van der Waals surface area contributed by atoms with Gasteiger partial charge in [-0.1, -0.05) is 30.3 Å². The summed E-state index contributed by atoms with van der Waals surface area (Å²) in [7, 11) is 0. The van der Waals surface area contributed by atoms with E-state index in [1.807, 2.05) is 24.3 Å². The molecule has 0 saturated heterocycles. The molecule has 114 valence electrons. The minimum atomic E-state index is -4.88. The van der Waals surface area contributed by atoms with Crippen molar-refractivity contribution in [1.29, 1.82) is 5.26 Å². The van der Waals surface area contributed by atoms with Gasteiger partial charge in [0.25, 0.3) is 0 Å². The van der Waals surface area contributed by atoms with Crippen molar-refractivity contribution in [2.45, 2.75) is 6.36 Å². The van der Waals surface area contributed by atoms with E-state index in [2.05, 4.69) is 4.74 Å². The molecule has 0 heterocycles. The van der Waals surface area contributed by atoms with Gasteiger partial charge in [-0.2, -0.15) is 5.26 Å². The zero-order chi connectivity index (χ0) is 16.6. The molecule has 7 heteroatoms. The number of hydrogen-bond acceptors (Lipinski definition) is 3. The van der Waals surface area contributed by atoms with Crippen molar-refractivity contribution >= 4 is 5.97 Å². The monoisotopic (exact) mass is 309 g/mol. The molecule has 2 aromatic rings. The molecule has 0 unspecified atom stereocenters. The van der Waals surface area contributed by atoms with E-state index >= 15 is 0 Å². The molecule has 0 aliphatic heterocycles. The van der Waals surface area contributed by atoms with Crippen molar-refractivity contribution in [3.05, 3.63) is 65.7 Å². The Balaban J connectivity index is 0.000000255. The van der Waals surface area contributed by atoms with Crippen LogP contribution in [0.3, 0.4) is 0 Å². The number of nitrogens with zero attached hydrogens (tertiary/aromatic N) is 1. The van der Waals surface area contributed by atoms with Crippen molar-refractivity contribution in [3.8, 4) is 11.8 Å². The molecule has 0 fully saturated rings. The van der Waals surface area contributed by atoms with Crippen LogP contribution < -0.4 is 4.74 Å².